The highest BCUT2D eigenvalue weighted by molar-refractivity contribution is 5.94. The number of piperazine rings is 1. The van der Waals surface area contributed by atoms with Crippen molar-refractivity contribution in [2.45, 2.75) is 6.04 Å². The predicted molar refractivity (Wildman–Crippen MR) is 105 cm³/mol. The molecule has 1 amide bonds. The highest BCUT2D eigenvalue weighted by Gasteiger charge is 2.22. The van der Waals surface area contributed by atoms with Crippen molar-refractivity contribution < 1.29 is 4.79 Å². The van der Waals surface area contributed by atoms with Crippen LogP contribution in [0.15, 0.2) is 48.7 Å². The molecule has 0 bridgehead atoms. The van der Waals surface area contributed by atoms with Crippen molar-refractivity contribution in [3.63, 3.8) is 0 Å². The fraction of sp³-hybridized carbons (Fsp3) is 0.400. The summed E-state index contributed by atoms with van der Waals surface area (Å²) in [6, 6.07) is 14.4. The summed E-state index contributed by atoms with van der Waals surface area (Å²) in [4.78, 5) is 21.1. The number of amides is 1. The standard InChI is InChI=1S/C20H27N5O/c1-24(2)12-10-23-20(26)17-8-9-22-19(14-17)25-13-11-21-18(15-25)16-6-4-3-5-7-16/h3-9,14,18,21H,10-13,15H2,1-2H3,(H,23,26)/t18-/m1/s1. The van der Waals surface area contributed by atoms with Crippen LogP contribution < -0.4 is 15.5 Å². The fourth-order valence-electron chi connectivity index (χ4n) is 3.09. The second-order valence-electron chi connectivity index (χ2n) is 6.83. The lowest BCUT2D eigenvalue weighted by molar-refractivity contribution is 0.0951. The molecule has 1 aromatic heterocycles. The van der Waals surface area contributed by atoms with Crippen LogP contribution in [0.2, 0.25) is 0 Å². The summed E-state index contributed by atoms with van der Waals surface area (Å²) in [6.07, 6.45) is 1.72. The third kappa shape index (κ3) is 4.80. The SMILES string of the molecule is CN(C)CCNC(=O)c1ccnc(N2CCN[C@@H](c3ccccc3)C2)c1. The molecule has 1 fully saturated rings. The molecule has 1 atom stereocenters. The van der Waals surface area contributed by atoms with Crippen LogP contribution in [-0.2, 0) is 0 Å². The van der Waals surface area contributed by atoms with Gasteiger partial charge >= 0.3 is 0 Å². The Morgan fingerprint density at radius 3 is 2.88 bits per heavy atom. The van der Waals surface area contributed by atoms with Gasteiger partial charge in [0, 0.05) is 50.5 Å². The van der Waals surface area contributed by atoms with E-state index in [9.17, 15) is 4.79 Å². The number of carbonyl (C=O) groups excluding carboxylic acids is 1. The molecule has 3 rings (SSSR count). The third-order valence-electron chi connectivity index (χ3n) is 4.55. The van der Waals surface area contributed by atoms with Gasteiger partial charge in [0.05, 0.1) is 0 Å². The summed E-state index contributed by atoms with van der Waals surface area (Å²) < 4.78 is 0. The fourth-order valence-corrected chi connectivity index (χ4v) is 3.09. The second-order valence-corrected chi connectivity index (χ2v) is 6.83. The molecule has 6 nitrogen and oxygen atoms in total. The molecular weight excluding hydrogens is 326 g/mol. The van der Waals surface area contributed by atoms with E-state index in [1.807, 2.05) is 31.1 Å². The van der Waals surface area contributed by atoms with Crippen LogP contribution in [0.1, 0.15) is 22.0 Å². The van der Waals surface area contributed by atoms with Crippen molar-refractivity contribution in [3.8, 4) is 0 Å². The highest BCUT2D eigenvalue weighted by atomic mass is 16.1. The van der Waals surface area contributed by atoms with E-state index in [-0.39, 0.29) is 11.9 Å². The maximum atomic E-state index is 12.4. The molecule has 2 aromatic rings. The maximum Gasteiger partial charge on any atom is 0.251 e. The average molecular weight is 353 g/mol. The number of pyridine rings is 1. The van der Waals surface area contributed by atoms with Gasteiger partial charge in [-0.05, 0) is 31.8 Å². The van der Waals surface area contributed by atoms with E-state index < -0.39 is 0 Å². The lowest BCUT2D eigenvalue weighted by Gasteiger charge is -2.34. The van der Waals surface area contributed by atoms with Crippen LogP contribution in [0.3, 0.4) is 0 Å². The zero-order chi connectivity index (χ0) is 18.4. The van der Waals surface area contributed by atoms with Crippen LogP contribution in [0, 0.1) is 0 Å². The van der Waals surface area contributed by atoms with Gasteiger partial charge < -0.3 is 20.4 Å². The van der Waals surface area contributed by atoms with E-state index in [2.05, 4.69) is 44.8 Å². The van der Waals surface area contributed by atoms with Gasteiger partial charge in [-0.25, -0.2) is 4.98 Å². The largest absolute Gasteiger partial charge is 0.353 e. The molecule has 0 aliphatic carbocycles. The topological polar surface area (TPSA) is 60.5 Å². The summed E-state index contributed by atoms with van der Waals surface area (Å²) in [6.45, 7) is 4.05. The van der Waals surface area contributed by atoms with Crippen molar-refractivity contribution in [2.75, 3.05) is 51.7 Å². The van der Waals surface area contributed by atoms with Crippen LogP contribution in [-0.4, -0.2) is 62.6 Å². The van der Waals surface area contributed by atoms with Gasteiger partial charge in [0.1, 0.15) is 5.82 Å². The Morgan fingerprint density at radius 2 is 2.12 bits per heavy atom. The minimum Gasteiger partial charge on any atom is -0.353 e. The Balaban J connectivity index is 1.66. The van der Waals surface area contributed by atoms with E-state index in [0.717, 1.165) is 32.0 Å². The number of likely N-dealkylation sites (N-methyl/N-ethyl adjacent to an activating group) is 1. The van der Waals surface area contributed by atoms with Crippen LogP contribution >= 0.6 is 0 Å². The van der Waals surface area contributed by atoms with E-state index in [4.69, 9.17) is 0 Å². The number of nitrogens with zero attached hydrogens (tertiary/aromatic N) is 3. The molecule has 0 spiro atoms. The second kappa shape index (κ2) is 8.78. The van der Waals surface area contributed by atoms with Crippen LogP contribution in [0.4, 0.5) is 5.82 Å². The number of nitrogens with one attached hydrogen (secondary N) is 2. The molecule has 26 heavy (non-hydrogen) atoms. The molecule has 6 heteroatoms. The van der Waals surface area contributed by atoms with Crippen molar-refractivity contribution in [3.05, 3.63) is 59.8 Å². The number of anilines is 1. The molecule has 1 aliphatic rings. The van der Waals surface area contributed by atoms with Gasteiger partial charge in [-0.3, -0.25) is 4.79 Å². The number of benzene rings is 1. The molecule has 0 radical (unpaired) electrons. The van der Waals surface area contributed by atoms with Crippen molar-refractivity contribution in [1.29, 1.82) is 0 Å². The molecule has 0 saturated carbocycles. The number of rotatable bonds is 6. The van der Waals surface area contributed by atoms with Crippen molar-refractivity contribution in [2.24, 2.45) is 0 Å². The Morgan fingerprint density at radius 1 is 1.31 bits per heavy atom. The molecule has 0 unspecified atom stereocenters. The number of hydrogen-bond acceptors (Lipinski definition) is 5. The van der Waals surface area contributed by atoms with Gasteiger partial charge in [0.15, 0.2) is 0 Å². The third-order valence-corrected chi connectivity index (χ3v) is 4.55. The molecule has 1 saturated heterocycles. The number of hydrogen-bond donors (Lipinski definition) is 2. The Labute approximate surface area is 155 Å². The van der Waals surface area contributed by atoms with E-state index in [1.165, 1.54) is 5.56 Å². The first-order chi connectivity index (χ1) is 12.6. The van der Waals surface area contributed by atoms with Crippen LogP contribution in [0.5, 0.6) is 0 Å². The van der Waals surface area contributed by atoms with Gasteiger partial charge in [-0.1, -0.05) is 30.3 Å². The smallest absolute Gasteiger partial charge is 0.251 e. The molecular formula is C20H27N5O. The Hall–Kier alpha value is -2.44. The number of carbonyl (C=O) groups is 1. The Kier molecular flexibility index (Phi) is 6.20. The monoisotopic (exact) mass is 353 g/mol. The molecule has 1 aromatic carbocycles. The molecule has 138 valence electrons. The lowest BCUT2D eigenvalue weighted by atomic mass is 10.0. The van der Waals surface area contributed by atoms with E-state index >= 15 is 0 Å². The zero-order valence-corrected chi connectivity index (χ0v) is 15.5. The summed E-state index contributed by atoms with van der Waals surface area (Å²) in [5.74, 6) is 0.804. The predicted octanol–water partition coefficient (Wildman–Crippen LogP) is 1.52. The quantitative estimate of drug-likeness (QED) is 0.825. The van der Waals surface area contributed by atoms with Crippen molar-refractivity contribution in [1.82, 2.24) is 20.5 Å². The number of aromatic nitrogens is 1. The summed E-state index contributed by atoms with van der Waals surface area (Å²) in [5, 5.41) is 6.51. The highest BCUT2D eigenvalue weighted by Crippen LogP contribution is 2.21. The lowest BCUT2D eigenvalue weighted by Crippen LogP contribution is -2.46. The zero-order valence-electron chi connectivity index (χ0n) is 15.5. The molecule has 2 N–H and O–H groups in total. The van der Waals surface area contributed by atoms with E-state index in [1.54, 1.807) is 12.3 Å². The van der Waals surface area contributed by atoms with Gasteiger partial charge in [0.2, 0.25) is 0 Å². The summed E-state index contributed by atoms with van der Waals surface area (Å²) in [5.41, 5.74) is 1.93. The normalized spacial score (nSPS) is 17.3. The van der Waals surface area contributed by atoms with Crippen molar-refractivity contribution >= 4 is 11.7 Å². The average Bonchev–Trinajstić information content (AvgIpc) is 2.68. The van der Waals surface area contributed by atoms with Gasteiger partial charge in [-0.2, -0.15) is 0 Å². The molecule has 1 aliphatic heterocycles. The molecule has 2 heterocycles. The Bertz CT molecular complexity index is 719. The van der Waals surface area contributed by atoms with Crippen LogP contribution in [0.25, 0.3) is 0 Å². The first-order valence-electron chi connectivity index (χ1n) is 9.06. The maximum absolute atomic E-state index is 12.4. The first kappa shape index (κ1) is 18.4. The first-order valence-corrected chi connectivity index (χ1v) is 9.06. The minimum atomic E-state index is -0.0507. The summed E-state index contributed by atoms with van der Waals surface area (Å²) in [7, 11) is 3.98. The summed E-state index contributed by atoms with van der Waals surface area (Å²) >= 11 is 0. The van der Waals surface area contributed by atoms with Gasteiger partial charge in [-0.15, -0.1) is 0 Å². The van der Waals surface area contributed by atoms with Gasteiger partial charge in [0.25, 0.3) is 5.91 Å². The minimum absolute atomic E-state index is 0.0507. The van der Waals surface area contributed by atoms with E-state index in [0.29, 0.717) is 12.1 Å².